The predicted octanol–water partition coefficient (Wildman–Crippen LogP) is 4.01. The highest BCUT2D eigenvalue weighted by Gasteiger charge is 2.12. The van der Waals surface area contributed by atoms with Crippen LogP contribution in [0.25, 0.3) is 0 Å². The quantitative estimate of drug-likeness (QED) is 0.590. The van der Waals surface area contributed by atoms with Crippen molar-refractivity contribution in [2.24, 2.45) is 0 Å². The van der Waals surface area contributed by atoms with Crippen LogP contribution in [0.5, 0.6) is 0 Å². The fourth-order valence-corrected chi connectivity index (χ4v) is 1.96. The lowest BCUT2D eigenvalue weighted by molar-refractivity contribution is -0.109. The Morgan fingerprint density at radius 3 is 2.33 bits per heavy atom. The van der Waals surface area contributed by atoms with Crippen molar-refractivity contribution in [3.8, 4) is 11.8 Å². The highest BCUT2D eigenvalue weighted by atomic mass is 32.2. The van der Waals surface area contributed by atoms with E-state index in [0.717, 1.165) is 17.7 Å². The summed E-state index contributed by atoms with van der Waals surface area (Å²) in [7, 11) is 0. The van der Waals surface area contributed by atoms with E-state index in [4.69, 9.17) is 0 Å². The fraction of sp³-hybridized carbons (Fsp3) is 0.438. The maximum Gasteiger partial charge on any atom is 0.185 e. The van der Waals surface area contributed by atoms with Crippen LogP contribution < -0.4 is 0 Å². The summed E-state index contributed by atoms with van der Waals surface area (Å²) in [4.78, 5) is 10.7. The number of rotatable bonds is 2. The topological polar surface area (TPSA) is 17.1 Å². The Hall–Kier alpha value is -1.20. The third-order valence-electron chi connectivity index (χ3n) is 2.52. The summed E-state index contributed by atoms with van der Waals surface area (Å²) in [5.41, 5.74) is 2.54. The first-order valence-electron chi connectivity index (χ1n) is 6.12. The van der Waals surface area contributed by atoms with Gasteiger partial charge in [0, 0.05) is 24.7 Å². The van der Waals surface area contributed by atoms with Gasteiger partial charge >= 0.3 is 0 Å². The normalized spacial score (nSPS) is 10.7. The summed E-state index contributed by atoms with van der Waals surface area (Å²) in [5, 5.41) is 0.159. The van der Waals surface area contributed by atoms with Gasteiger partial charge in [0.15, 0.2) is 5.12 Å². The Labute approximate surface area is 114 Å². The molecule has 0 heterocycles. The molecule has 0 atom stereocenters. The second-order valence-corrected chi connectivity index (χ2v) is 6.49. The molecule has 0 aliphatic carbocycles. The minimum absolute atomic E-state index is 0.159. The largest absolute Gasteiger partial charge is 0.288 e. The Morgan fingerprint density at radius 2 is 1.83 bits per heavy atom. The van der Waals surface area contributed by atoms with E-state index in [1.54, 1.807) is 6.92 Å². The molecular formula is C16H20OS. The highest BCUT2D eigenvalue weighted by Crippen LogP contribution is 2.21. The van der Waals surface area contributed by atoms with E-state index in [0.29, 0.717) is 0 Å². The molecule has 18 heavy (non-hydrogen) atoms. The van der Waals surface area contributed by atoms with Gasteiger partial charge in [-0.25, -0.2) is 0 Å². The van der Waals surface area contributed by atoms with E-state index >= 15 is 0 Å². The monoisotopic (exact) mass is 260 g/mol. The van der Waals surface area contributed by atoms with Gasteiger partial charge in [0.2, 0.25) is 0 Å². The van der Waals surface area contributed by atoms with Crippen LogP contribution in [0.3, 0.4) is 0 Å². The molecular weight excluding hydrogens is 240 g/mol. The SMILES string of the molecule is CC(=O)SCCC#Cc1ccc(C(C)(C)C)cc1. The zero-order valence-electron chi connectivity index (χ0n) is 11.5. The van der Waals surface area contributed by atoms with Crippen molar-refractivity contribution in [1.82, 2.24) is 0 Å². The van der Waals surface area contributed by atoms with Crippen molar-refractivity contribution in [3.63, 3.8) is 0 Å². The molecule has 0 aromatic heterocycles. The van der Waals surface area contributed by atoms with E-state index in [9.17, 15) is 4.79 Å². The third kappa shape index (κ3) is 5.42. The Balaban J connectivity index is 2.54. The molecule has 2 heteroatoms. The predicted molar refractivity (Wildman–Crippen MR) is 79.8 cm³/mol. The molecule has 0 saturated heterocycles. The summed E-state index contributed by atoms with van der Waals surface area (Å²) in [6.45, 7) is 8.19. The molecule has 1 aromatic rings. The van der Waals surface area contributed by atoms with E-state index in [2.05, 4.69) is 56.9 Å². The van der Waals surface area contributed by atoms with Gasteiger partial charge in [0.05, 0.1) is 0 Å². The second kappa shape index (κ2) is 6.66. The van der Waals surface area contributed by atoms with Crippen LogP contribution in [0.15, 0.2) is 24.3 Å². The number of thioether (sulfide) groups is 1. The molecule has 0 fully saturated rings. The maximum absolute atomic E-state index is 10.7. The first-order chi connectivity index (χ1) is 8.39. The molecule has 0 unspecified atom stereocenters. The van der Waals surface area contributed by atoms with Gasteiger partial charge in [-0.3, -0.25) is 4.79 Å². The third-order valence-corrected chi connectivity index (χ3v) is 3.33. The van der Waals surface area contributed by atoms with E-state index in [-0.39, 0.29) is 10.5 Å². The lowest BCUT2D eigenvalue weighted by Crippen LogP contribution is -2.10. The molecule has 0 spiro atoms. The molecule has 1 aromatic carbocycles. The molecule has 1 nitrogen and oxygen atoms in total. The summed E-state index contributed by atoms with van der Waals surface area (Å²) in [5.74, 6) is 6.99. The summed E-state index contributed by atoms with van der Waals surface area (Å²) >= 11 is 1.33. The number of hydrogen-bond acceptors (Lipinski definition) is 2. The van der Waals surface area contributed by atoms with Crippen molar-refractivity contribution in [3.05, 3.63) is 35.4 Å². The zero-order chi connectivity index (χ0) is 13.6. The van der Waals surface area contributed by atoms with Gasteiger partial charge < -0.3 is 0 Å². The average molecular weight is 260 g/mol. The molecule has 0 radical (unpaired) electrons. The van der Waals surface area contributed by atoms with Crippen LogP contribution in [-0.4, -0.2) is 10.9 Å². The van der Waals surface area contributed by atoms with Crippen molar-refractivity contribution in [1.29, 1.82) is 0 Å². The summed E-state index contributed by atoms with van der Waals surface area (Å²) in [6, 6.07) is 8.39. The molecule has 0 N–H and O–H groups in total. The van der Waals surface area contributed by atoms with Crippen LogP contribution in [-0.2, 0) is 10.2 Å². The zero-order valence-corrected chi connectivity index (χ0v) is 12.4. The van der Waals surface area contributed by atoms with Crippen molar-refractivity contribution < 1.29 is 4.79 Å². The molecule has 0 aliphatic heterocycles. The van der Waals surface area contributed by atoms with Gasteiger partial charge in [0.1, 0.15) is 0 Å². The Kier molecular flexibility index (Phi) is 5.50. The molecule has 0 bridgehead atoms. The van der Waals surface area contributed by atoms with Gasteiger partial charge in [0.25, 0.3) is 0 Å². The average Bonchev–Trinajstić information content (AvgIpc) is 2.27. The van der Waals surface area contributed by atoms with Gasteiger partial charge in [-0.1, -0.05) is 56.5 Å². The minimum atomic E-state index is 0.159. The molecule has 0 saturated carbocycles. The molecule has 96 valence electrons. The molecule has 1 rings (SSSR count). The van der Waals surface area contributed by atoms with Gasteiger partial charge in [-0.15, -0.1) is 0 Å². The number of carbonyl (C=O) groups is 1. The summed E-state index contributed by atoms with van der Waals surface area (Å²) < 4.78 is 0. The van der Waals surface area contributed by atoms with Crippen LogP contribution in [0, 0.1) is 11.8 Å². The lowest BCUT2D eigenvalue weighted by atomic mass is 9.87. The van der Waals surface area contributed by atoms with E-state index in [1.807, 2.05) is 0 Å². The van der Waals surface area contributed by atoms with E-state index < -0.39 is 0 Å². The first-order valence-corrected chi connectivity index (χ1v) is 7.11. The fourth-order valence-electron chi connectivity index (χ4n) is 1.46. The Morgan fingerprint density at radius 1 is 1.22 bits per heavy atom. The molecule has 0 aliphatic rings. The highest BCUT2D eigenvalue weighted by molar-refractivity contribution is 8.13. The van der Waals surface area contributed by atoms with Gasteiger partial charge in [-0.2, -0.15) is 0 Å². The second-order valence-electron chi connectivity index (χ2n) is 5.22. The van der Waals surface area contributed by atoms with E-state index in [1.165, 1.54) is 17.3 Å². The lowest BCUT2D eigenvalue weighted by Gasteiger charge is -2.18. The number of benzene rings is 1. The van der Waals surface area contributed by atoms with Crippen LogP contribution in [0.4, 0.5) is 0 Å². The van der Waals surface area contributed by atoms with Crippen LogP contribution >= 0.6 is 11.8 Å². The maximum atomic E-state index is 10.7. The standard InChI is InChI=1S/C16H20OS/c1-13(17)18-12-6-5-7-14-8-10-15(11-9-14)16(2,3)4/h8-11H,6,12H2,1-4H3. The first kappa shape index (κ1) is 14.9. The van der Waals surface area contributed by atoms with Crippen molar-refractivity contribution >= 4 is 16.9 Å². The minimum Gasteiger partial charge on any atom is -0.288 e. The van der Waals surface area contributed by atoms with Crippen LogP contribution in [0.2, 0.25) is 0 Å². The summed E-state index contributed by atoms with van der Waals surface area (Å²) in [6.07, 6.45) is 0.755. The number of carbonyl (C=O) groups excluding carboxylic acids is 1. The smallest absolute Gasteiger partial charge is 0.185 e. The van der Waals surface area contributed by atoms with Crippen molar-refractivity contribution in [2.45, 2.75) is 39.5 Å². The van der Waals surface area contributed by atoms with Crippen LogP contribution in [0.1, 0.15) is 45.2 Å². The Bertz CT molecular complexity index is 455. The molecule has 0 amide bonds. The number of hydrogen-bond donors (Lipinski definition) is 0. The van der Waals surface area contributed by atoms with Crippen molar-refractivity contribution in [2.75, 3.05) is 5.75 Å². The van der Waals surface area contributed by atoms with Gasteiger partial charge in [-0.05, 0) is 23.1 Å².